The van der Waals surface area contributed by atoms with E-state index in [2.05, 4.69) is 12.2 Å². The molecular weight excluding hydrogens is 253 g/mol. The molecule has 1 N–H and O–H groups in total. The number of nitrogens with zero attached hydrogens (tertiary/aromatic N) is 1. The summed E-state index contributed by atoms with van der Waals surface area (Å²) in [6.07, 6.45) is 1.88. The largest absolute Gasteiger partial charge is 0.401 e. The molecule has 1 aliphatic heterocycles. The zero-order chi connectivity index (χ0) is 13.9. The third-order valence-electron chi connectivity index (χ3n) is 4.59. The number of hydrogen-bond donors (Lipinski definition) is 1. The van der Waals surface area contributed by atoms with E-state index >= 15 is 0 Å². The Hall–Kier alpha value is -0.290. The summed E-state index contributed by atoms with van der Waals surface area (Å²) in [6, 6.07) is 0.599. The maximum Gasteiger partial charge on any atom is 0.401 e. The van der Waals surface area contributed by atoms with Gasteiger partial charge in [-0.2, -0.15) is 13.2 Å². The molecule has 1 saturated carbocycles. The SMILES string of the molecule is CCC1CCC(NCC2CCN(CC(F)(F)F)C2)C1. The molecule has 2 rings (SSSR count). The summed E-state index contributed by atoms with van der Waals surface area (Å²) in [7, 11) is 0. The number of alkyl halides is 3. The number of halogens is 3. The molecule has 0 radical (unpaired) electrons. The van der Waals surface area contributed by atoms with Crippen LogP contribution < -0.4 is 5.32 Å². The van der Waals surface area contributed by atoms with Gasteiger partial charge in [0.05, 0.1) is 6.54 Å². The summed E-state index contributed by atoms with van der Waals surface area (Å²) < 4.78 is 36.9. The van der Waals surface area contributed by atoms with Gasteiger partial charge in [0.15, 0.2) is 0 Å². The Morgan fingerprint density at radius 2 is 1.95 bits per heavy atom. The first-order valence-electron chi connectivity index (χ1n) is 7.48. The molecule has 2 nitrogen and oxygen atoms in total. The molecule has 5 heteroatoms. The van der Waals surface area contributed by atoms with E-state index in [-0.39, 0.29) is 0 Å². The van der Waals surface area contributed by atoms with Crippen LogP contribution >= 0.6 is 0 Å². The fraction of sp³-hybridized carbons (Fsp3) is 1.00. The van der Waals surface area contributed by atoms with Gasteiger partial charge in [0.1, 0.15) is 0 Å². The van der Waals surface area contributed by atoms with Crippen LogP contribution in [0.5, 0.6) is 0 Å². The summed E-state index contributed by atoms with van der Waals surface area (Å²) in [6.45, 7) is 3.56. The molecule has 1 saturated heterocycles. The molecule has 0 spiro atoms. The van der Waals surface area contributed by atoms with Crippen molar-refractivity contribution in [1.29, 1.82) is 0 Å². The van der Waals surface area contributed by atoms with Crippen LogP contribution in [0.3, 0.4) is 0 Å². The molecule has 3 unspecified atom stereocenters. The zero-order valence-electron chi connectivity index (χ0n) is 11.7. The molecule has 1 heterocycles. The van der Waals surface area contributed by atoms with Crippen LogP contribution in [0, 0.1) is 11.8 Å². The van der Waals surface area contributed by atoms with Crippen LogP contribution in [-0.4, -0.2) is 43.3 Å². The molecule has 112 valence electrons. The number of nitrogens with one attached hydrogen (secondary N) is 1. The van der Waals surface area contributed by atoms with E-state index in [1.807, 2.05) is 0 Å². The quantitative estimate of drug-likeness (QED) is 0.831. The van der Waals surface area contributed by atoms with Crippen molar-refractivity contribution in [3.63, 3.8) is 0 Å². The molecule has 19 heavy (non-hydrogen) atoms. The Balaban J connectivity index is 1.63. The second-order valence-electron chi connectivity index (χ2n) is 6.20. The third kappa shape index (κ3) is 4.95. The molecule has 0 aromatic rings. The molecule has 3 atom stereocenters. The number of rotatable bonds is 5. The van der Waals surface area contributed by atoms with Crippen molar-refractivity contribution < 1.29 is 13.2 Å². The fourth-order valence-corrected chi connectivity index (χ4v) is 3.44. The maximum absolute atomic E-state index is 12.3. The Labute approximate surface area is 113 Å². The van der Waals surface area contributed by atoms with E-state index in [9.17, 15) is 13.2 Å². The maximum atomic E-state index is 12.3. The normalized spacial score (nSPS) is 33.2. The summed E-state index contributed by atoms with van der Waals surface area (Å²) in [5, 5.41) is 3.56. The Morgan fingerprint density at radius 1 is 1.16 bits per heavy atom. The molecule has 1 aliphatic carbocycles. The van der Waals surface area contributed by atoms with Crippen molar-refractivity contribution in [2.75, 3.05) is 26.2 Å². The van der Waals surface area contributed by atoms with Gasteiger partial charge in [-0.25, -0.2) is 0 Å². The average molecular weight is 278 g/mol. The van der Waals surface area contributed by atoms with Crippen molar-refractivity contribution in [2.24, 2.45) is 11.8 Å². The number of likely N-dealkylation sites (tertiary alicyclic amines) is 1. The van der Waals surface area contributed by atoms with Crippen LogP contribution in [0.4, 0.5) is 13.2 Å². The molecule has 2 aliphatic rings. The van der Waals surface area contributed by atoms with Crippen molar-refractivity contribution in [2.45, 2.75) is 51.2 Å². The zero-order valence-corrected chi connectivity index (χ0v) is 11.7. The van der Waals surface area contributed by atoms with E-state index in [1.165, 1.54) is 30.6 Å². The lowest BCUT2D eigenvalue weighted by molar-refractivity contribution is -0.143. The van der Waals surface area contributed by atoms with Crippen LogP contribution in [0.25, 0.3) is 0 Å². The monoisotopic (exact) mass is 278 g/mol. The third-order valence-corrected chi connectivity index (χ3v) is 4.59. The first-order valence-corrected chi connectivity index (χ1v) is 7.48. The van der Waals surface area contributed by atoms with E-state index in [4.69, 9.17) is 0 Å². The van der Waals surface area contributed by atoms with Crippen LogP contribution in [0.15, 0.2) is 0 Å². The highest BCUT2D eigenvalue weighted by atomic mass is 19.4. The molecule has 0 amide bonds. The van der Waals surface area contributed by atoms with Gasteiger partial charge in [-0.05, 0) is 50.6 Å². The van der Waals surface area contributed by atoms with Gasteiger partial charge in [-0.15, -0.1) is 0 Å². The standard InChI is InChI=1S/C14H25F3N2/c1-2-11-3-4-13(7-11)18-8-12-5-6-19(9-12)10-14(15,16)17/h11-13,18H,2-10H2,1H3. The highest BCUT2D eigenvalue weighted by Crippen LogP contribution is 2.28. The fourth-order valence-electron chi connectivity index (χ4n) is 3.44. The molecular formula is C14H25F3N2. The van der Waals surface area contributed by atoms with Gasteiger partial charge in [0.2, 0.25) is 0 Å². The minimum absolute atomic E-state index is 0.392. The lowest BCUT2D eigenvalue weighted by Crippen LogP contribution is -2.35. The van der Waals surface area contributed by atoms with Crippen LogP contribution in [0.2, 0.25) is 0 Å². The summed E-state index contributed by atoms with van der Waals surface area (Å²) in [5.41, 5.74) is 0. The average Bonchev–Trinajstić information content (AvgIpc) is 2.93. The smallest absolute Gasteiger partial charge is 0.314 e. The lowest BCUT2D eigenvalue weighted by Gasteiger charge is -2.19. The minimum Gasteiger partial charge on any atom is -0.314 e. The van der Waals surface area contributed by atoms with Crippen molar-refractivity contribution in [1.82, 2.24) is 10.2 Å². The van der Waals surface area contributed by atoms with E-state index in [0.29, 0.717) is 25.0 Å². The second kappa shape index (κ2) is 6.44. The van der Waals surface area contributed by atoms with Gasteiger partial charge in [-0.3, -0.25) is 4.90 Å². The van der Waals surface area contributed by atoms with Crippen LogP contribution in [0.1, 0.15) is 39.0 Å². The van der Waals surface area contributed by atoms with Gasteiger partial charge in [-0.1, -0.05) is 13.3 Å². The second-order valence-corrected chi connectivity index (χ2v) is 6.20. The summed E-state index contributed by atoms with van der Waals surface area (Å²) in [5.74, 6) is 1.24. The molecule has 0 bridgehead atoms. The first-order chi connectivity index (χ1) is 8.96. The predicted octanol–water partition coefficient (Wildman–Crippen LogP) is 3.04. The van der Waals surface area contributed by atoms with Crippen LogP contribution in [-0.2, 0) is 0 Å². The van der Waals surface area contributed by atoms with Crippen molar-refractivity contribution >= 4 is 0 Å². The predicted molar refractivity (Wildman–Crippen MR) is 70.0 cm³/mol. The first kappa shape index (κ1) is 15.1. The van der Waals surface area contributed by atoms with E-state index in [1.54, 1.807) is 0 Å². The Morgan fingerprint density at radius 3 is 2.58 bits per heavy atom. The number of hydrogen-bond acceptors (Lipinski definition) is 2. The van der Waals surface area contributed by atoms with E-state index < -0.39 is 12.7 Å². The topological polar surface area (TPSA) is 15.3 Å². The van der Waals surface area contributed by atoms with Crippen molar-refractivity contribution in [3.8, 4) is 0 Å². The van der Waals surface area contributed by atoms with Crippen molar-refractivity contribution in [3.05, 3.63) is 0 Å². The van der Waals surface area contributed by atoms with Gasteiger partial charge in [0, 0.05) is 12.6 Å². The summed E-state index contributed by atoms with van der Waals surface area (Å²) >= 11 is 0. The van der Waals surface area contributed by atoms with Gasteiger partial charge < -0.3 is 5.32 Å². The van der Waals surface area contributed by atoms with Gasteiger partial charge >= 0.3 is 6.18 Å². The Kier molecular flexibility index (Phi) is 5.12. The molecule has 0 aromatic heterocycles. The Bertz CT molecular complexity index is 280. The highest BCUT2D eigenvalue weighted by molar-refractivity contribution is 4.83. The molecule has 2 fully saturated rings. The summed E-state index contributed by atoms with van der Waals surface area (Å²) in [4.78, 5) is 1.54. The molecule has 0 aromatic carbocycles. The minimum atomic E-state index is -4.05. The van der Waals surface area contributed by atoms with E-state index in [0.717, 1.165) is 18.9 Å². The highest BCUT2D eigenvalue weighted by Gasteiger charge is 2.34. The lowest BCUT2D eigenvalue weighted by atomic mass is 10.1. The van der Waals surface area contributed by atoms with Gasteiger partial charge in [0.25, 0.3) is 0 Å².